The number of aryl methyl sites for hydroxylation is 2. The lowest BCUT2D eigenvalue weighted by Crippen LogP contribution is -2.50. The Kier molecular flexibility index (Phi) is 9.50. The fraction of sp³-hybridized carbons (Fsp3) is 0.500. The molecule has 1 atom stereocenters. The molecule has 2 heterocycles. The summed E-state index contributed by atoms with van der Waals surface area (Å²) >= 11 is 0. The van der Waals surface area contributed by atoms with E-state index in [1.54, 1.807) is 0 Å². The quantitative estimate of drug-likeness (QED) is 0.354. The zero-order valence-electron chi connectivity index (χ0n) is 23.3. The van der Waals surface area contributed by atoms with Gasteiger partial charge in [0.1, 0.15) is 22.9 Å². The Bertz CT molecular complexity index is 1420. The molecule has 2 aromatic rings. The monoisotopic (exact) mass is 613 g/mol. The van der Waals surface area contributed by atoms with Crippen molar-refractivity contribution in [3.8, 4) is 11.5 Å². The van der Waals surface area contributed by atoms with Gasteiger partial charge in [0, 0.05) is 25.1 Å². The van der Waals surface area contributed by atoms with E-state index in [1.165, 1.54) is 16.4 Å². The minimum Gasteiger partial charge on any atom is -0.493 e. The molecule has 1 amide bonds. The highest BCUT2D eigenvalue weighted by molar-refractivity contribution is 7.89. The number of aliphatic hydroxyl groups excluding tert-OH is 2. The first-order valence-electron chi connectivity index (χ1n) is 13.5. The molecule has 2 aliphatic heterocycles. The number of rotatable bonds is 11. The first-order valence-corrected chi connectivity index (χ1v) is 15.1. The number of hydrogen-bond acceptors (Lipinski definition) is 8. The number of amidine groups is 1. The minimum atomic E-state index is -4.86. The number of carbonyl (C=O) groups is 1. The summed E-state index contributed by atoms with van der Waals surface area (Å²) in [6, 6.07) is 8.76. The van der Waals surface area contributed by atoms with E-state index in [4.69, 9.17) is 9.84 Å². The third-order valence-electron chi connectivity index (χ3n) is 7.47. The summed E-state index contributed by atoms with van der Waals surface area (Å²) in [5, 5.41) is 21.0. The molecular weight excluding hydrogens is 579 g/mol. The van der Waals surface area contributed by atoms with E-state index in [9.17, 15) is 31.5 Å². The zero-order chi connectivity index (χ0) is 30.7. The van der Waals surface area contributed by atoms with Crippen molar-refractivity contribution in [2.75, 3.05) is 32.1 Å². The van der Waals surface area contributed by atoms with E-state index in [-0.39, 0.29) is 69.1 Å². The lowest BCUT2D eigenvalue weighted by atomic mass is 9.89. The summed E-state index contributed by atoms with van der Waals surface area (Å²) in [5.74, 6) is -0.276. The van der Waals surface area contributed by atoms with Gasteiger partial charge in [0.25, 0.3) is 5.91 Å². The average molecular weight is 614 g/mol. The lowest BCUT2D eigenvalue weighted by Gasteiger charge is -2.34. The number of halogens is 3. The maximum absolute atomic E-state index is 13.2. The van der Waals surface area contributed by atoms with Gasteiger partial charge in [0.15, 0.2) is 0 Å². The fourth-order valence-electron chi connectivity index (χ4n) is 5.16. The van der Waals surface area contributed by atoms with Crippen LogP contribution >= 0.6 is 0 Å². The summed E-state index contributed by atoms with van der Waals surface area (Å²) in [7, 11) is -3.66. The van der Waals surface area contributed by atoms with Gasteiger partial charge in [-0.3, -0.25) is 9.79 Å². The number of benzene rings is 2. The molecule has 3 N–H and O–H groups in total. The molecular formula is C28H34F3N3O7S. The van der Waals surface area contributed by atoms with E-state index in [1.807, 2.05) is 26.0 Å². The van der Waals surface area contributed by atoms with Crippen LogP contribution in [0.25, 0.3) is 0 Å². The molecule has 2 aliphatic rings. The number of aliphatic imine (C=N–C) groups is 1. The highest BCUT2D eigenvalue weighted by Gasteiger charge is 2.47. The topological polar surface area (TPSA) is 138 Å². The summed E-state index contributed by atoms with van der Waals surface area (Å²) in [6.07, 6.45) is -4.88. The van der Waals surface area contributed by atoms with E-state index in [0.717, 1.165) is 28.8 Å². The van der Waals surface area contributed by atoms with Gasteiger partial charge >= 0.3 is 6.36 Å². The number of aliphatic hydroxyl groups is 2. The molecule has 2 aromatic carbocycles. The molecule has 42 heavy (non-hydrogen) atoms. The molecule has 0 bridgehead atoms. The molecule has 1 saturated heterocycles. The number of nitrogens with one attached hydrogen (secondary N) is 1. The molecule has 14 heteroatoms. The van der Waals surface area contributed by atoms with Gasteiger partial charge in [-0.05, 0) is 74.1 Å². The van der Waals surface area contributed by atoms with Gasteiger partial charge in [-0.2, -0.15) is 0 Å². The normalized spacial score (nSPS) is 18.1. The molecule has 230 valence electrons. The van der Waals surface area contributed by atoms with Crippen molar-refractivity contribution >= 4 is 21.8 Å². The fourth-order valence-corrected chi connectivity index (χ4v) is 6.62. The Morgan fingerprint density at radius 2 is 1.79 bits per heavy atom. The van der Waals surface area contributed by atoms with Crippen LogP contribution in [0.2, 0.25) is 0 Å². The number of amides is 1. The summed E-state index contributed by atoms with van der Waals surface area (Å²) in [5.41, 5.74) is 1.68. The van der Waals surface area contributed by atoms with E-state index in [0.29, 0.717) is 5.75 Å². The molecule has 0 aliphatic carbocycles. The first kappa shape index (κ1) is 31.7. The van der Waals surface area contributed by atoms with Crippen LogP contribution in [0, 0.1) is 13.8 Å². The highest BCUT2D eigenvalue weighted by Crippen LogP contribution is 2.33. The second-order valence-corrected chi connectivity index (χ2v) is 12.6. The largest absolute Gasteiger partial charge is 0.573 e. The SMILES string of the molecule is Cc1cc(OCCC(O)CO)cc(C)c1CCS(=O)(=O)N1CCC2(CC1)N=C(c1cccc(OC(F)(F)F)c1)NC2=O. The van der Waals surface area contributed by atoms with Crippen molar-refractivity contribution in [1.29, 1.82) is 0 Å². The second kappa shape index (κ2) is 12.6. The number of hydrogen-bond donors (Lipinski definition) is 3. The van der Waals surface area contributed by atoms with Crippen molar-refractivity contribution in [1.82, 2.24) is 9.62 Å². The molecule has 1 fully saturated rings. The van der Waals surface area contributed by atoms with Crippen LogP contribution in [0.5, 0.6) is 11.5 Å². The van der Waals surface area contributed by atoms with Crippen molar-refractivity contribution in [3.63, 3.8) is 0 Å². The van der Waals surface area contributed by atoms with Gasteiger partial charge in [-0.25, -0.2) is 12.7 Å². The van der Waals surface area contributed by atoms with Crippen molar-refractivity contribution in [3.05, 3.63) is 58.7 Å². The standard InChI is InChI=1S/C28H34F3N3O7S/c1-18-14-23(40-12-6-21(36)17-35)15-19(2)24(18)7-13-42(38,39)34-10-8-27(9-11-34)26(37)32-25(33-27)20-4-3-5-22(16-20)41-28(29,30)31/h3-5,14-16,21,35-36H,6-13,17H2,1-2H3,(H,32,33,37). The number of alkyl halides is 3. The van der Waals surface area contributed by atoms with Crippen LogP contribution < -0.4 is 14.8 Å². The Balaban J connectivity index is 1.37. The molecule has 10 nitrogen and oxygen atoms in total. The van der Waals surface area contributed by atoms with Gasteiger partial charge in [0.2, 0.25) is 10.0 Å². The molecule has 1 spiro atoms. The van der Waals surface area contributed by atoms with Crippen LogP contribution in [-0.4, -0.2) is 84.7 Å². The van der Waals surface area contributed by atoms with E-state index in [2.05, 4.69) is 15.0 Å². The Morgan fingerprint density at radius 3 is 2.40 bits per heavy atom. The van der Waals surface area contributed by atoms with E-state index < -0.39 is 39.7 Å². The number of piperidine rings is 1. The van der Waals surface area contributed by atoms with Crippen molar-refractivity contribution in [2.24, 2.45) is 4.99 Å². The zero-order valence-corrected chi connectivity index (χ0v) is 24.1. The van der Waals surface area contributed by atoms with Crippen LogP contribution in [0.4, 0.5) is 13.2 Å². The summed E-state index contributed by atoms with van der Waals surface area (Å²) in [4.78, 5) is 17.4. The maximum atomic E-state index is 13.2. The van der Waals surface area contributed by atoms with Gasteiger partial charge in [-0.1, -0.05) is 12.1 Å². The average Bonchev–Trinajstić information content (AvgIpc) is 3.22. The maximum Gasteiger partial charge on any atom is 0.573 e. The van der Waals surface area contributed by atoms with Gasteiger partial charge in [0.05, 0.1) is 25.1 Å². The molecule has 1 unspecified atom stereocenters. The third kappa shape index (κ3) is 7.60. The van der Waals surface area contributed by atoms with Crippen LogP contribution in [0.1, 0.15) is 41.5 Å². The number of sulfonamides is 1. The Morgan fingerprint density at radius 1 is 1.12 bits per heavy atom. The predicted molar refractivity (Wildman–Crippen MR) is 148 cm³/mol. The molecule has 4 rings (SSSR count). The smallest absolute Gasteiger partial charge is 0.493 e. The van der Waals surface area contributed by atoms with Crippen molar-refractivity contribution in [2.45, 2.75) is 57.5 Å². The predicted octanol–water partition coefficient (Wildman–Crippen LogP) is 2.61. The number of nitrogens with zero attached hydrogens (tertiary/aromatic N) is 2. The minimum absolute atomic E-state index is 0.0776. The van der Waals surface area contributed by atoms with E-state index >= 15 is 0 Å². The summed E-state index contributed by atoms with van der Waals surface area (Å²) in [6.45, 7) is 3.78. The van der Waals surface area contributed by atoms with Crippen molar-refractivity contribution < 1.29 is 46.1 Å². The number of carbonyl (C=O) groups excluding carboxylic acids is 1. The van der Waals surface area contributed by atoms with Crippen LogP contribution in [0.15, 0.2) is 41.4 Å². The summed E-state index contributed by atoms with van der Waals surface area (Å²) < 4.78 is 75.3. The Labute approximate surface area is 242 Å². The molecule has 0 saturated carbocycles. The van der Waals surface area contributed by atoms with Gasteiger partial charge in [-0.15, -0.1) is 13.2 Å². The number of ether oxygens (including phenoxy) is 2. The Hall–Kier alpha value is -3.20. The van der Waals surface area contributed by atoms with Gasteiger partial charge < -0.3 is 25.0 Å². The van der Waals surface area contributed by atoms with Crippen LogP contribution in [0.3, 0.4) is 0 Å². The first-order chi connectivity index (χ1) is 19.7. The molecule has 0 radical (unpaired) electrons. The highest BCUT2D eigenvalue weighted by atomic mass is 32.2. The second-order valence-electron chi connectivity index (χ2n) is 10.5. The third-order valence-corrected chi connectivity index (χ3v) is 9.35. The lowest BCUT2D eigenvalue weighted by molar-refractivity contribution is -0.274. The molecule has 0 aromatic heterocycles. The van der Waals surface area contributed by atoms with Crippen LogP contribution in [-0.2, 0) is 21.2 Å².